The van der Waals surface area contributed by atoms with Gasteiger partial charge in [0.15, 0.2) is 17.6 Å². The van der Waals surface area contributed by atoms with Gasteiger partial charge in [-0.05, 0) is 61.9 Å². The maximum atomic E-state index is 12.3. The molecule has 1 amide bonds. The Morgan fingerprint density at radius 3 is 2.59 bits per heavy atom. The van der Waals surface area contributed by atoms with Crippen molar-refractivity contribution < 1.29 is 19.0 Å². The smallest absolute Gasteiger partial charge is 0.260 e. The molecular weight excluding hydrogens is 342 g/mol. The van der Waals surface area contributed by atoms with Crippen molar-refractivity contribution in [3.63, 3.8) is 0 Å². The van der Waals surface area contributed by atoms with E-state index in [0.717, 1.165) is 18.6 Å². The van der Waals surface area contributed by atoms with Gasteiger partial charge in [-0.2, -0.15) is 0 Å². The Morgan fingerprint density at radius 1 is 1.04 bits per heavy atom. The molecule has 5 heteroatoms. The summed E-state index contributed by atoms with van der Waals surface area (Å²) >= 11 is 0. The second kappa shape index (κ2) is 9.31. The average molecular weight is 369 g/mol. The molecular formula is C22H27NO4. The highest BCUT2D eigenvalue weighted by Gasteiger charge is 2.19. The minimum absolute atomic E-state index is 0.146. The Kier molecular flexibility index (Phi) is 6.58. The second-order valence-electron chi connectivity index (χ2n) is 6.65. The lowest BCUT2D eigenvalue weighted by Gasteiger charge is -2.22. The predicted molar refractivity (Wildman–Crippen MR) is 105 cm³/mol. The maximum absolute atomic E-state index is 12.3. The maximum Gasteiger partial charge on any atom is 0.260 e. The van der Waals surface area contributed by atoms with Crippen molar-refractivity contribution >= 4 is 5.91 Å². The number of methoxy groups -OCH3 is 1. The second-order valence-corrected chi connectivity index (χ2v) is 6.65. The molecule has 1 N–H and O–H groups in total. The molecule has 144 valence electrons. The van der Waals surface area contributed by atoms with Crippen LogP contribution < -0.4 is 19.5 Å². The number of nitrogens with one attached hydrogen (secondary N) is 1. The molecule has 2 aromatic carbocycles. The van der Waals surface area contributed by atoms with Crippen LogP contribution in [0.2, 0.25) is 0 Å². The molecule has 1 aliphatic carbocycles. The quantitative estimate of drug-likeness (QED) is 0.723. The van der Waals surface area contributed by atoms with E-state index in [-0.39, 0.29) is 5.91 Å². The summed E-state index contributed by atoms with van der Waals surface area (Å²) in [6.45, 7) is 2.54. The molecule has 0 aliphatic heterocycles. The minimum atomic E-state index is -0.551. The number of fused-ring (bicyclic) bond motifs is 1. The topological polar surface area (TPSA) is 56.8 Å². The van der Waals surface area contributed by atoms with Crippen LogP contribution in [0.15, 0.2) is 42.5 Å². The molecule has 5 nitrogen and oxygen atoms in total. The first-order chi connectivity index (χ1) is 13.2. The van der Waals surface area contributed by atoms with E-state index in [4.69, 9.17) is 14.2 Å². The lowest BCUT2D eigenvalue weighted by Crippen LogP contribution is -2.38. The number of ether oxygens (including phenoxy) is 3. The highest BCUT2D eigenvalue weighted by atomic mass is 16.5. The van der Waals surface area contributed by atoms with Crippen LogP contribution in [0.4, 0.5) is 0 Å². The largest absolute Gasteiger partial charge is 0.493 e. The monoisotopic (exact) mass is 369 g/mol. The van der Waals surface area contributed by atoms with Gasteiger partial charge in [-0.1, -0.05) is 24.3 Å². The van der Waals surface area contributed by atoms with Crippen molar-refractivity contribution in [3.8, 4) is 17.2 Å². The number of rotatable bonds is 8. The first-order valence-electron chi connectivity index (χ1n) is 9.50. The third-order valence-electron chi connectivity index (χ3n) is 4.75. The standard InChI is InChI=1S/C22H27NO4/c1-16(27-19-13-7-9-17-8-3-4-10-18(17)19)22(24)23-14-15-26-21-12-6-5-11-20(21)25-2/h5-7,9,11-13,16H,3-4,8,10,14-15H2,1-2H3,(H,23,24)/t16-/m0/s1. The zero-order valence-corrected chi connectivity index (χ0v) is 16.0. The minimum Gasteiger partial charge on any atom is -0.493 e. The molecule has 27 heavy (non-hydrogen) atoms. The van der Waals surface area contributed by atoms with Gasteiger partial charge in [-0.25, -0.2) is 0 Å². The molecule has 0 unspecified atom stereocenters. The summed E-state index contributed by atoms with van der Waals surface area (Å²) in [7, 11) is 1.60. The molecule has 0 radical (unpaired) electrons. The predicted octanol–water partition coefficient (Wildman–Crippen LogP) is 3.54. The van der Waals surface area contributed by atoms with Crippen LogP contribution in [0.1, 0.15) is 30.9 Å². The van der Waals surface area contributed by atoms with Gasteiger partial charge in [0, 0.05) is 0 Å². The average Bonchev–Trinajstić information content (AvgIpc) is 2.71. The van der Waals surface area contributed by atoms with Crippen LogP contribution in [0, 0.1) is 0 Å². The molecule has 0 bridgehead atoms. The molecule has 0 fully saturated rings. The summed E-state index contributed by atoms with van der Waals surface area (Å²) < 4.78 is 16.9. The fourth-order valence-corrected chi connectivity index (χ4v) is 3.32. The fourth-order valence-electron chi connectivity index (χ4n) is 3.32. The Labute approximate surface area is 160 Å². The summed E-state index contributed by atoms with van der Waals surface area (Å²) in [6, 6.07) is 13.6. The van der Waals surface area contributed by atoms with E-state index in [1.54, 1.807) is 14.0 Å². The highest BCUT2D eigenvalue weighted by Crippen LogP contribution is 2.30. The van der Waals surface area contributed by atoms with Crippen LogP contribution in [0.5, 0.6) is 17.2 Å². The SMILES string of the molecule is COc1ccccc1OCCNC(=O)[C@H](C)Oc1cccc2c1CCCC2. The summed E-state index contributed by atoms with van der Waals surface area (Å²) in [4.78, 5) is 12.3. The third-order valence-corrected chi connectivity index (χ3v) is 4.75. The van der Waals surface area contributed by atoms with Gasteiger partial charge >= 0.3 is 0 Å². The number of hydrogen-bond donors (Lipinski definition) is 1. The third kappa shape index (κ3) is 4.94. The molecule has 0 saturated carbocycles. The molecule has 0 aromatic heterocycles. The van der Waals surface area contributed by atoms with Gasteiger partial charge in [0.1, 0.15) is 12.4 Å². The zero-order chi connectivity index (χ0) is 19.1. The molecule has 0 saturated heterocycles. The number of hydrogen-bond acceptors (Lipinski definition) is 4. The molecule has 0 spiro atoms. The Bertz CT molecular complexity index is 775. The molecule has 1 aliphatic rings. The van der Waals surface area contributed by atoms with Crippen LogP contribution >= 0.6 is 0 Å². The van der Waals surface area contributed by atoms with E-state index in [1.807, 2.05) is 36.4 Å². The van der Waals surface area contributed by atoms with Gasteiger partial charge < -0.3 is 19.5 Å². The van der Waals surface area contributed by atoms with Crippen molar-refractivity contribution in [2.45, 2.75) is 38.7 Å². The van der Waals surface area contributed by atoms with Gasteiger partial charge in [0.2, 0.25) is 0 Å². The van der Waals surface area contributed by atoms with Crippen LogP contribution in [-0.2, 0) is 17.6 Å². The first-order valence-corrected chi connectivity index (χ1v) is 9.50. The number of benzene rings is 2. The molecule has 1 atom stereocenters. The fraction of sp³-hybridized carbons (Fsp3) is 0.409. The highest BCUT2D eigenvalue weighted by molar-refractivity contribution is 5.80. The van der Waals surface area contributed by atoms with Crippen molar-refractivity contribution in [3.05, 3.63) is 53.6 Å². The van der Waals surface area contributed by atoms with Crippen LogP contribution in [-0.4, -0.2) is 32.3 Å². The van der Waals surface area contributed by atoms with E-state index < -0.39 is 6.10 Å². The van der Waals surface area contributed by atoms with E-state index in [1.165, 1.54) is 24.0 Å². The number of carbonyl (C=O) groups is 1. The van der Waals surface area contributed by atoms with Gasteiger partial charge in [0.25, 0.3) is 5.91 Å². The lowest BCUT2D eigenvalue weighted by atomic mass is 9.91. The summed E-state index contributed by atoms with van der Waals surface area (Å²) in [5.41, 5.74) is 2.60. The first kappa shape index (κ1) is 19.1. The molecule has 3 rings (SSSR count). The van der Waals surface area contributed by atoms with E-state index in [0.29, 0.717) is 24.7 Å². The number of aryl methyl sites for hydroxylation is 1. The van der Waals surface area contributed by atoms with Crippen molar-refractivity contribution in [2.24, 2.45) is 0 Å². The Balaban J connectivity index is 1.47. The van der Waals surface area contributed by atoms with E-state index in [9.17, 15) is 4.79 Å². The number of carbonyl (C=O) groups excluding carboxylic acids is 1. The zero-order valence-electron chi connectivity index (χ0n) is 16.0. The summed E-state index contributed by atoms with van der Waals surface area (Å²) in [6.07, 6.45) is 3.96. The lowest BCUT2D eigenvalue weighted by molar-refractivity contribution is -0.127. The van der Waals surface area contributed by atoms with Gasteiger partial charge in [-0.15, -0.1) is 0 Å². The Morgan fingerprint density at radius 2 is 1.78 bits per heavy atom. The van der Waals surface area contributed by atoms with Crippen molar-refractivity contribution in [2.75, 3.05) is 20.3 Å². The number of para-hydroxylation sites is 2. The number of amides is 1. The van der Waals surface area contributed by atoms with Crippen LogP contribution in [0.25, 0.3) is 0 Å². The van der Waals surface area contributed by atoms with Crippen molar-refractivity contribution in [1.82, 2.24) is 5.32 Å². The van der Waals surface area contributed by atoms with E-state index >= 15 is 0 Å². The molecule has 2 aromatic rings. The summed E-state index contributed by atoms with van der Waals surface area (Å²) in [5, 5.41) is 2.86. The van der Waals surface area contributed by atoms with Gasteiger partial charge in [-0.3, -0.25) is 4.79 Å². The summed E-state index contributed by atoms with van der Waals surface area (Å²) in [5.74, 6) is 2.02. The van der Waals surface area contributed by atoms with Crippen LogP contribution in [0.3, 0.4) is 0 Å². The Hall–Kier alpha value is -2.69. The van der Waals surface area contributed by atoms with Gasteiger partial charge in [0.05, 0.1) is 13.7 Å². The normalized spacial score (nSPS) is 14.0. The van der Waals surface area contributed by atoms with Crippen molar-refractivity contribution in [1.29, 1.82) is 0 Å². The van der Waals surface area contributed by atoms with E-state index in [2.05, 4.69) is 11.4 Å². The molecule has 0 heterocycles.